The average Bonchev–Trinajstić information content (AvgIpc) is 2.77. The molecule has 0 unspecified atom stereocenters. The number of ether oxygens (including phenoxy) is 3. The van der Waals surface area contributed by atoms with Gasteiger partial charge in [-0.2, -0.15) is 0 Å². The number of nitrogens with zero attached hydrogens (tertiary/aromatic N) is 2. The molecule has 0 aliphatic carbocycles. The number of likely N-dealkylation sites (N-methyl/N-ethyl adjacent to an activating group) is 1. The highest BCUT2D eigenvalue weighted by atomic mass is 16.5. The molecular weight excluding hydrogens is 284 g/mol. The molecule has 1 aliphatic heterocycles. The molecule has 22 heavy (non-hydrogen) atoms. The van der Waals surface area contributed by atoms with Gasteiger partial charge in [0.15, 0.2) is 11.5 Å². The van der Waals surface area contributed by atoms with Gasteiger partial charge in [-0.25, -0.2) is 0 Å². The van der Waals surface area contributed by atoms with Crippen LogP contribution in [0.5, 0.6) is 17.2 Å². The summed E-state index contributed by atoms with van der Waals surface area (Å²) in [5.74, 6) is 1.54. The lowest BCUT2D eigenvalue weighted by Gasteiger charge is -2.22. The summed E-state index contributed by atoms with van der Waals surface area (Å²) < 4.78 is 15.9. The number of hydrogen-bond donors (Lipinski definition) is 0. The Kier molecular flexibility index (Phi) is 5.49. The molecule has 1 aromatic carbocycles. The summed E-state index contributed by atoms with van der Waals surface area (Å²) in [5, 5.41) is 0. The number of carbonyl (C=O) groups is 1. The maximum atomic E-state index is 12.8. The molecule has 1 aromatic rings. The molecule has 1 heterocycles. The van der Waals surface area contributed by atoms with Gasteiger partial charge in [-0.3, -0.25) is 4.79 Å². The first-order valence-corrected chi connectivity index (χ1v) is 7.38. The Bertz CT molecular complexity index is 533. The third kappa shape index (κ3) is 3.44. The van der Waals surface area contributed by atoms with E-state index in [0.29, 0.717) is 29.4 Å². The largest absolute Gasteiger partial charge is 0.496 e. The van der Waals surface area contributed by atoms with E-state index in [-0.39, 0.29) is 5.91 Å². The van der Waals surface area contributed by atoms with Crippen LogP contribution in [0.15, 0.2) is 12.1 Å². The summed E-state index contributed by atoms with van der Waals surface area (Å²) in [6.45, 7) is 3.35. The van der Waals surface area contributed by atoms with Gasteiger partial charge >= 0.3 is 0 Å². The Morgan fingerprint density at radius 3 is 2.18 bits per heavy atom. The Morgan fingerprint density at radius 2 is 1.55 bits per heavy atom. The van der Waals surface area contributed by atoms with Crippen molar-refractivity contribution in [3.05, 3.63) is 17.7 Å². The lowest BCUT2D eigenvalue weighted by Crippen LogP contribution is -2.34. The van der Waals surface area contributed by atoms with Crippen molar-refractivity contribution in [3.63, 3.8) is 0 Å². The van der Waals surface area contributed by atoms with Gasteiger partial charge in [-0.15, -0.1) is 0 Å². The van der Waals surface area contributed by atoms with E-state index in [9.17, 15) is 4.79 Å². The van der Waals surface area contributed by atoms with Crippen LogP contribution in [0.25, 0.3) is 0 Å². The first kappa shape index (κ1) is 16.4. The molecule has 0 N–H and O–H groups in total. The van der Waals surface area contributed by atoms with Gasteiger partial charge in [0.25, 0.3) is 5.91 Å². The first-order valence-electron chi connectivity index (χ1n) is 7.38. The van der Waals surface area contributed by atoms with Gasteiger partial charge in [0.1, 0.15) is 5.75 Å². The van der Waals surface area contributed by atoms with Crippen LogP contribution in [-0.4, -0.2) is 70.3 Å². The summed E-state index contributed by atoms with van der Waals surface area (Å²) in [4.78, 5) is 16.9. The minimum absolute atomic E-state index is 0.0342. The molecule has 1 saturated heterocycles. The predicted octanol–water partition coefficient (Wildman–Crippen LogP) is 1.49. The molecule has 0 spiro atoms. The van der Waals surface area contributed by atoms with Crippen LogP contribution < -0.4 is 14.2 Å². The minimum Gasteiger partial charge on any atom is -0.496 e. The van der Waals surface area contributed by atoms with E-state index in [0.717, 1.165) is 26.1 Å². The standard InChI is InChI=1S/C16H24N2O4/c1-17-6-5-7-18(9-8-17)16(19)12-10-14(21-3)15(22-4)11-13(12)20-2/h10-11H,5-9H2,1-4H3. The third-order valence-electron chi connectivity index (χ3n) is 3.94. The number of hydrogen-bond acceptors (Lipinski definition) is 5. The fourth-order valence-corrected chi connectivity index (χ4v) is 2.62. The molecule has 0 atom stereocenters. The molecule has 1 amide bonds. The first-order chi connectivity index (χ1) is 10.6. The summed E-state index contributed by atoms with van der Waals surface area (Å²) in [6, 6.07) is 3.38. The van der Waals surface area contributed by atoms with Gasteiger partial charge < -0.3 is 24.0 Å². The third-order valence-corrected chi connectivity index (χ3v) is 3.94. The average molecular weight is 308 g/mol. The van der Waals surface area contributed by atoms with E-state index in [1.807, 2.05) is 4.90 Å². The highest BCUT2D eigenvalue weighted by Crippen LogP contribution is 2.35. The molecule has 0 saturated carbocycles. The predicted molar refractivity (Wildman–Crippen MR) is 84.1 cm³/mol. The van der Waals surface area contributed by atoms with E-state index in [1.54, 1.807) is 33.5 Å². The van der Waals surface area contributed by atoms with Crippen molar-refractivity contribution in [3.8, 4) is 17.2 Å². The topological polar surface area (TPSA) is 51.2 Å². The zero-order valence-electron chi connectivity index (χ0n) is 13.7. The minimum atomic E-state index is -0.0342. The van der Waals surface area contributed by atoms with Crippen molar-refractivity contribution in [2.45, 2.75) is 6.42 Å². The quantitative estimate of drug-likeness (QED) is 0.843. The van der Waals surface area contributed by atoms with Crippen molar-refractivity contribution < 1.29 is 19.0 Å². The Morgan fingerprint density at radius 1 is 0.909 bits per heavy atom. The van der Waals surface area contributed by atoms with E-state index in [4.69, 9.17) is 14.2 Å². The highest BCUT2D eigenvalue weighted by Gasteiger charge is 2.24. The van der Waals surface area contributed by atoms with Gasteiger partial charge in [0.2, 0.25) is 0 Å². The van der Waals surface area contributed by atoms with Gasteiger partial charge in [-0.05, 0) is 20.0 Å². The van der Waals surface area contributed by atoms with Gasteiger partial charge in [-0.1, -0.05) is 0 Å². The number of benzene rings is 1. The van der Waals surface area contributed by atoms with Crippen molar-refractivity contribution in [1.82, 2.24) is 9.80 Å². The van der Waals surface area contributed by atoms with Gasteiger partial charge in [0.05, 0.1) is 26.9 Å². The molecule has 2 rings (SSSR count). The van der Waals surface area contributed by atoms with Crippen LogP contribution in [-0.2, 0) is 0 Å². The molecular formula is C16H24N2O4. The molecule has 0 radical (unpaired) electrons. The molecule has 6 heteroatoms. The second-order valence-corrected chi connectivity index (χ2v) is 5.36. The molecule has 122 valence electrons. The summed E-state index contributed by atoms with van der Waals surface area (Å²) in [5.41, 5.74) is 0.504. The van der Waals surface area contributed by atoms with Crippen LogP contribution in [0.4, 0.5) is 0 Å². The fourth-order valence-electron chi connectivity index (χ4n) is 2.62. The van der Waals surface area contributed by atoms with E-state index in [2.05, 4.69) is 11.9 Å². The highest BCUT2D eigenvalue weighted by molar-refractivity contribution is 5.97. The SMILES string of the molecule is COc1cc(OC)c(C(=O)N2CCCN(C)CC2)cc1OC. The Labute approximate surface area is 131 Å². The van der Waals surface area contributed by atoms with E-state index < -0.39 is 0 Å². The monoisotopic (exact) mass is 308 g/mol. The summed E-state index contributed by atoms with van der Waals surface area (Å²) >= 11 is 0. The van der Waals surface area contributed by atoms with Crippen molar-refractivity contribution in [2.75, 3.05) is 54.6 Å². The summed E-state index contributed by atoms with van der Waals surface area (Å²) in [7, 11) is 6.74. The van der Waals surface area contributed by atoms with Crippen LogP contribution in [0.3, 0.4) is 0 Å². The number of methoxy groups -OCH3 is 3. The lowest BCUT2D eigenvalue weighted by atomic mass is 10.1. The lowest BCUT2D eigenvalue weighted by molar-refractivity contribution is 0.0759. The molecule has 1 aliphatic rings. The van der Waals surface area contributed by atoms with Crippen molar-refractivity contribution >= 4 is 5.91 Å². The van der Waals surface area contributed by atoms with E-state index >= 15 is 0 Å². The van der Waals surface area contributed by atoms with Gasteiger partial charge in [0, 0.05) is 31.8 Å². The molecule has 6 nitrogen and oxygen atoms in total. The summed E-state index contributed by atoms with van der Waals surface area (Å²) in [6.07, 6.45) is 0.970. The second-order valence-electron chi connectivity index (χ2n) is 5.36. The molecule has 1 fully saturated rings. The Balaban J connectivity index is 2.31. The normalized spacial score (nSPS) is 16.1. The maximum absolute atomic E-state index is 12.8. The Hall–Kier alpha value is -1.95. The molecule has 0 bridgehead atoms. The second kappa shape index (κ2) is 7.35. The zero-order chi connectivity index (χ0) is 16.1. The van der Waals surface area contributed by atoms with Crippen LogP contribution >= 0.6 is 0 Å². The van der Waals surface area contributed by atoms with Crippen molar-refractivity contribution in [2.24, 2.45) is 0 Å². The van der Waals surface area contributed by atoms with Crippen LogP contribution in [0.2, 0.25) is 0 Å². The zero-order valence-corrected chi connectivity index (χ0v) is 13.7. The van der Waals surface area contributed by atoms with E-state index in [1.165, 1.54) is 0 Å². The van der Waals surface area contributed by atoms with Crippen molar-refractivity contribution in [1.29, 1.82) is 0 Å². The van der Waals surface area contributed by atoms with Crippen LogP contribution in [0.1, 0.15) is 16.8 Å². The smallest absolute Gasteiger partial charge is 0.257 e. The number of rotatable bonds is 4. The number of amides is 1. The maximum Gasteiger partial charge on any atom is 0.257 e. The molecule has 0 aromatic heterocycles. The van der Waals surface area contributed by atoms with Crippen LogP contribution in [0, 0.1) is 0 Å². The number of carbonyl (C=O) groups excluding carboxylic acids is 1. The fraction of sp³-hybridized carbons (Fsp3) is 0.562.